The van der Waals surface area contributed by atoms with Gasteiger partial charge in [0.15, 0.2) is 0 Å². The number of thiazole rings is 1. The first-order valence-corrected chi connectivity index (χ1v) is 10.8. The van der Waals surface area contributed by atoms with Gasteiger partial charge in [-0.2, -0.15) is 0 Å². The number of carbonyl (C=O) groups is 2. The highest BCUT2D eigenvalue weighted by Crippen LogP contribution is 2.20. The van der Waals surface area contributed by atoms with Gasteiger partial charge in [-0.1, -0.05) is 11.6 Å². The second-order valence-electron chi connectivity index (χ2n) is 5.84. The van der Waals surface area contributed by atoms with Crippen LogP contribution in [0.1, 0.15) is 11.5 Å². The summed E-state index contributed by atoms with van der Waals surface area (Å²) in [5.41, 5.74) is 2.46. The van der Waals surface area contributed by atoms with Crippen molar-refractivity contribution in [3.05, 3.63) is 70.0 Å². The summed E-state index contributed by atoms with van der Waals surface area (Å²) in [4.78, 5) is 30.1. The van der Waals surface area contributed by atoms with Crippen LogP contribution in [-0.2, 0) is 22.6 Å². The van der Waals surface area contributed by atoms with Crippen molar-refractivity contribution in [2.24, 2.45) is 0 Å². The molecule has 0 aliphatic rings. The lowest BCUT2D eigenvalue weighted by atomic mass is 10.1. The predicted octanol–water partition coefficient (Wildman–Crippen LogP) is 3.53. The second kappa shape index (κ2) is 10.3. The van der Waals surface area contributed by atoms with Gasteiger partial charge in [0.2, 0.25) is 11.8 Å². The predicted molar refractivity (Wildman–Crippen MR) is 110 cm³/mol. The largest absolute Gasteiger partial charge is 0.467 e. The molecule has 3 aromatic rings. The highest BCUT2D eigenvalue weighted by atomic mass is 35.5. The smallest absolute Gasteiger partial charge is 0.243 e. The lowest BCUT2D eigenvalue weighted by Gasteiger charge is -2.17. The van der Waals surface area contributed by atoms with Crippen LogP contribution in [0.15, 0.2) is 62.9 Å². The zero-order valence-electron chi connectivity index (χ0n) is 14.8. The second-order valence-corrected chi connectivity index (χ2v) is 8.05. The molecule has 146 valence electrons. The van der Waals surface area contributed by atoms with E-state index in [0.717, 1.165) is 10.6 Å². The molecule has 2 amide bonds. The fourth-order valence-corrected chi connectivity index (χ4v) is 3.79. The monoisotopic (exact) mass is 435 g/mol. The summed E-state index contributed by atoms with van der Waals surface area (Å²) < 4.78 is 5.22. The van der Waals surface area contributed by atoms with E-state index in [4.69, 9.17) is 16.0 Å². The van der Waals surface area contributed by atoms with E-state index in [-0.39, 0.29) is 24.1 Å². The third-order valence-electron chi connectivity index (χ3n) is 3.75. The van der Waals surface area contributed by atoms with Crippen LogP contribution in [0.25, 0.3) is 0 Å². The van der Waals surface area contributed by atoms with Crippen LogP contribution >= 0.6 is 34.7 Å². The number of aromatic nitrogens is 1. The molecule has 0 spiro atoms. The number of thioether (sulfide) groups is 1. The van der Waals surface area contributed by atoms with E-state index in [0.29, 0.717) is 17.2 Å². The normalized spacial score (nSPS) is 11.8. The average Bonchev–Trinajstić information content (AvgIpc) is 3.39. The number of nitrogens with zero attached hydrogens (tertiary/aromatic N) is 1. The zero-order valence-corrected chi connectivity index (χ0v) is 17.2. The van der Waals surface area contributed by atoms with Crippen LogP contribution in [0.5, 0.6) is 0 Å². The molecule has 0 bridgehead atoms. The SMILES string of the molecule is O=C(CSc1ccc(Cl)cc1)NC(Cc1cscn1)C(=O)NCc1ccco1. The zero-order chi connectivity index (χ0) is 19.8. The summed E-state index contributed by atoms with van der Waals surface area (Å²) in [6, 6.07) is 10.1. The Bertz CT molecular complexity index is 884. The standard InChI is InChI=1S/C19H18ClN3O3S2/c20-13-3-5-16(6-4-13)28-11-18(24)23-17(8-14-10-27-12-22-14)19(25)21-9-15-2-1-7-26-15/h1-7,10,12,17H,8-9,11H2,(H,21,25)(H,23,24). The topological polar surface area (TPSA) is 84.2 Å². The maximum atomic E-state index is 12.6. The number of carbonyl (C=O) groups excluding carboxylic acids is 2. The van der Waals surface area contributed by atoms with E-state index in [9.17, 15) is 9.59 Å². The van der Waals surface area contributed by atoms with Gasteiger partial charge in [0.25, 0.3) is 0 Å². The molecule has 28 heavy (non-hydrogen) atoms. The van der Waals surface area contributed by atoms with Gasteiger partial charge in [-0.05, 0) is 36.4 Å². The molecular weight excluding hydrogens is 418 g/mol. The van der Waals surface area contributed by atoms with Crippen LogP contribution in [0.2, 0.25) is 5.02 Å². The maximum Gasteiger partial charge on any atom is 0.243 e. The molecule has 3 rings (SSSR count). The Morgan fingerprint density at radius 1 is 1.25 bits per heavy atom. The molecule has 0 radical (unpaired) electrons. The molecule has 2 heterocycles. The highest BCUT2D eigenvalue weighted by Gasteiger charge is 2.22. The molecular formula is C19H18ClN3O3S2. The quantitative estimate of drug-likeness (QED) is 0.502. The van der Waals surface area contributed by atoms with E-state index >= 15 is 0 Å². The van der Waals surface area contributed by atoms with Crippen LogP contribution < -0.4 is 10.6 Å². The molecule has 0 aliphatic heterocycles. The van der Waals surface area contributed by atoms with E-state index in [1.165, 1.54) is 23.1 Å². The lowest BCUT2D eigenvalue weighted by Crippen LogP contribution is -2.48. The minimum atomic E-state index is -0.713. The number of nitrogens with one attached hydrogen (secondary N) is 2. The van der Waals surface area contributed by atoms with Gasteiger partial charge in [-0.25, -0.2) is 4.98 Å². The van der Waals surface area contributed by atoms with Crippen LogP contribution in [0.3, 0.4) is 0 Å². The number of halogens is 1. The third kappa shape index (κ3) is 6.40. The molecule has 9 heteroatoms. The number of rotatable bonds is 9. The van der Waals surface area contributed by atoms with E-state index in [1.54, 1.807) is 36.0 Å². The van der Waals surface area contributed by atoms with Crippen molar-refractivity contribution in [3.63, 3.8) is 0 Å². The molecule has 0 aliphatic carbocycles. The molecule has 6 nitrogen and oxygen atoms in total. The van der Waals surface area contributed by atoms with Gasteiger partial charge in [-0.15, -0.1) is 23.1 Å². The Labute approximate surface area is 175 Å². The number of furan rings is 1. The molecule has 0 fully saturated rings. The van der Waals surface area contributed by atoms with Crippen LogP contribution in [-0.4, -0.2) is 28.6 Å². The Balaban J connectivity index is 1.56. The van der Waals surface area contributed by atoms with Crippen molar-refractivity contribution >= 4 is 46.5 Å². The van der Waals surface area contributed by atoms with Crippen molar-refractivity contribution in [2.75, 3.05) is 5.75 Å². The summed E-state index contributed by atoms with van der Waals surface area (Å²) in [5.74, 6) is 0.327. The molecule has 0 saturated heterocycles. The van der Waals surface area contributed by atoms with Gasteiger partial charge in [0.05, 0.1) is 29.8 Å². The first-order chi connectivity index (χ1) is 13.6. The van der Waals surface area contributed by atoms with Crippen molar-refractivity contribution < 1.29 is 14.0 Å². The maximum absolute atomic E-state index is 12.6. The average molecular weight is 436 g/mol. The summed E-state index contributed by atoms with van der Waals surface area (Å²) in [6.45, 7) is 0.259. The summed E-state index contributed by atoms with van der Waals surface area (Å²) in [5, 5.41) is 8.10. The van der Waals surface area contributed by atoms with Gasteiger partial charge >= 0.3 is 0 Å². The number of hydrogen-bond donors (Lipinski definition) is 2. The van der Waals surface area contributed by atoms with Gasteiger partial charge in [0.1, 0.15) is 11.8 Å². The fraction of sp³-hybridized carbons (Fsp3) is 0.211. The fourth-order valence-electron chi connectivity index (χ4n) is 2.38. The number of amides is 2. The molecule has 0 saturated carbocycles. The molecule has 2 aromatic heterocycles. The minimum Gasteiger partial charge on any atom is -0.467 e. The number of benzene rings is 1. The van der Waals surface area contributed by atoms with Crippen LogP contribution in [0.4, 0.5) is 0 Å². The van der Waals surface area contributed by atoms with Crippen molar-refractivity contribution in [1.29, 1.82) is 0 Å². The minimum absolute atomic E-state index is 0.195. The first kappa shape index (κ1) is 20.4. The van der Waals surface area contributed by atoms with Crippen molar-refractivity contribution in [3.8, 4) is 0 Å². The highest BCUT2D eigenvalue weighted by molar-refractivity contribution is 8.00. The Kier molecular flexibility index (Phi) is 7.53. The van der Waals surface area contributed by atoms with E-state index in [2.05, 4.69) is 15.6 Å². The molecule has 1 aromatic carbocycles. The third-order valence-corrected chi connectivity index (χ3v) is 5.65. The van der Waals surface area contributed by atoms with E-state index < -0.39 is 6.04 Å². The summed E-state index contributed by atoms with van der Waals surface area (Å²) in [6.07, 6.45) is 1.87. The molecule has 1 atom stereocenters. The van der Waals surface area contributed by atoms with Gasteiger partial charge in [0, 0.05) is 21.7 Å². The first-order valence-electron chi connectivity index (χ1n) is 8.45. The Morgan fingerprint density at radius 3 is 2.75 bits per heavy atom. The Morgan fingerprint density at radius 2 is 2.07 bits per heavy atom. The van der Waals surface area contributed by atoms with E-state index in [1.807, 2.05) is 17.5 Å². The van der Waals surface area contributed by atoms with Crippen molar-refractivity contribution in [2.45, 2.75) is 23.9 Å². The lowest BCUT2D eigenvalue weighted by molar-refractivity contribution is -0.128. The van der Waals surface area contributed by atoms with Crippen molar-refractivity contribution in [1.82, 2.24) is 15.6 Å². The summed E-state index contributed by atoms with van der Waals surface area (Å²) in [7, 11) is 0. The Hall–Kier alpha value is -2.29. The van der Waals surface area contributed by atoms with Gasteiger partial charge in [-0.3, -0.25) is 9.59 Å². The van der Waals surface area contributed by atoms with Gasteiger partial charge < -0.3 is 15.1 Å². The molecule has 1 unspecified atom stereocenters. The summed E-state index contributed by atoms with van der Waals surface area (Å²) >= 11 is 8.69. The molecule has 2 N–H and O–H groups in total. The van der Waals surface area contributed by atoms with Crippen LogP contribution in [0, 0.1) is 0 Å². The number of hydrogen-bond acceptors (Lipinski definition) is 6.